The summed E-state index contributed by atoms with van der Waals surface area (Å²) in [5.74, 6) is 0.781. The Balaban J connectivity index is 0.000000336. The lowest BCUT2D eigenvalue weighted by molar-refractivity contribution is -0.140. The van der Waals surface area contributed by atoms with Crippen LogP contribution < -0.4 is 5.32 Å². The summed E-state index contributed by atoms with van der Waals surface area (Å²) in [4.78, 5) is 24.6. The predicted molar refractivity (Wildman–Crippen MR) is 156 cm³/mol. The largest absolute Gasteiger partial charge is 0.373 e. The molecule has 10 heteroatoms. The predicted octanol–water partition coefficient (Wildman–Crippen LogP) is 6.01. The van der Waals surface area contributed by atoms with Gasteiger partial charge in [0.15, 0.2) is 11.6 Å². The smallest absolute Gasteiger partial charge is 0.223 e. The normalized spacial score (nSPS) is 19.6. The molecule has 1 N–H and O–H groups in total. The first-order chi connectivity index (χ1) is 20.1. The summed E-state index contributed by atoms with van der Waals surface area (Å²) in [5.41, 5.74) is 1.81. The molecule has 0 radical (unpaired) electrons. The molecule has 0 bridgehead atoms. The van der Waals surface area contributed by atoms with Crippen molar-refractivity contribution < 1.29 is 23.0 Å². The molecule has 1 amide bonds. The van der Waals surface area contributed by atoms with E-state index in [1.807, 2.05) is 17.2 Å². The Morgan fingerprint density at radius 3 is 2.64 bits per heavy atom. The van der Waals surface area contributed by atoms with Crippen LogP contribution in [0.3, 0.4) is 0 Å². The van der Waals surface area contributed by atoms with Crippen LogP contribution >= 0.6 is 0 Å². The van der Waals surface area contributed by atoms with E-state index in [4.69, 9.17) is 14.5 Å². The Hall–Kier alpha value is -3.37. The fourth-order valence-corrected chi connectivity index (χ4v) is 6.24. The van der Waals surface area contributed by atoms with Gasteiger partial charge in [0.05, 0.1) is 11.9 Å². The fraction of sp³-hybridized carbons (Fsp3) is 0.531. The number of benzene rings is 1. The van der Waals surface area contributed by atoms with Crippen LogP contribution in [0.4, 0.5) is 14.6 Å². The Morgan fingerprint density at radius 2 is 1.93 bits per heavy atom. The summed E-state index contributed by atoms with van der Waals surface area (Å²) in [6, 6.07) is 8.16. The van der Waals surface area contributed by atoms with Crippen LogP contribution in [0.15, 0.2) is 42.7 Å². The molecule has 226 valence electrons. The van der Waals surface area contributed by atoms with Crippen LogP contribution in [-0.4, -0.2) is 52.3 Å². The molecule has 3 aliphatic rings. The molecule has 1 unspecified atom stereocenters. The van der Waals surface area contributed by atoms with Crippen molar-refractivity contribution in [1.29, 1.82) is 0 Å². The van der Waals surface area contributed by atoms with Crippen LogP contribution in [0.1, 0.15) is 80.9 Å². The van der Waals surface area contributed by atoms with Crippen molar-refractivity contribution in [3.8, 4) is 0 Å². The van der Waals surface area contributed by atoms with Crippen LogP contribution in [0.2, 0.25) is 0 Å². The van der Waals surface area contributed by atoms with Crippen LogP contribution in [0.25, 0.3) is 0 Å². The number of aromatic nitrogens is 3. The van der Waals surface area contributed by atoms with E-state index in [2.05, 4.69) is 34.8 Å². The lowest BCUT2D eigenvalue weighted by Gasteiger charge is -2.44. The highest BCUT2D eigenvalue weighted by Crippen LogP contribution is 2.42. The highest BCUT2D eigenvalue weighted by molar-refractivity contribution is 5.77. The molecule has 5 heterocycles. The first-order valence-electron chi connectivity index (χ1n) is 14.8. The summed E-state index contributed by atoms with van der Waals surface area (Å²) in [6.07, 6.45) is 9.06. The second-order valence-corrected chi connectivity index (χ2v) is 11.9. The van der Waals surface area contributed by atoms with Crippen molar-refractivity contribution in [3.05, 3.63) is 77.0 Å². The number of carbonyl (C=O) groups is 1. The van der Waals surface area contributed by atoms with Crippen molar-refractivity contribution >= 4 is 11.7 Å². The molecule has 42 heavy (non-hydrogen) atoms. The molecule has 3 aromatic rings. The second-order valence-electron chi connectivity index (χ2n) is 11.9. The van der Waals surface area contributed by atoms with Gasteiger partial charge in [0.25, 0.3) is 0 Å². The van der Waals surface area contributed by atoms with Crippen molar-refractivity contribution in [2.75, 3.05) is 32.2 Å². The molecular weight excluding hydrogens is 540 g/mol. The number of aryl methyl sites for hydroxylation is 1. The average Bonchev–Trinajstić information content (AvgIpc) is 3.34. The molecule has 2 aromatic heterocycles. The molecular formula is C32H41F2N5O3. The van der Waals surface area contributed by atoms with E-state index in [0.717, 1.165) is 67.6 Å². The first kappa shape index (κ1) is 30.1. The monoisotopic (exact) mass is 581 g/mol. The highest BCUT2D eigenvalue weighted by atomic mass is 19.2. The third-order valence-electron chi connectivity index (χ3n) is 8.94. The van der Waals surface area contributed by atoms with Crippen molar-refractivity contribution in [2.24, 2.45) is 0 Å². The maximum atomic E-state index is 13.4. The third kappa shape index (κ3) is 6.06. The lowest BCUT2D eigenvalue weighted by Crippen LogP contribution is -2.49. The second kappa shape index (κ2) is 12.5. The van der Waals surface area contributed by atoms with Crippen LogP contribution in [0.5, 0.6) is 0 Å². The molecule has 3 aliphatic heterocycles. The number of carbonyl (C=O) groups excluding carboxylic acids is 1. The molecule has 1 aromatic carbocycles. The number of piperidine rings is 1. The minimum absolute atomic E-state index is 0.150. The molecule has 8 nitrogen and oxygen atoms in total. The quantitative estimate of drug-likeness (QED) is 0.407. The van der Waals surface area contributed by atoms with E-state index < -0.39 is 17.2 Å². The Bertz CT molecular complexity index is 1380. The van der Waals surface area contributed by atoms with Gasteiger partial charge in [-0.1, -0.05) is 24.6 Å². The summed E-state index contributed by atoms with van der Waals surface area (Å²) in [5, 5.41) is 3.22. The average molecular weight is 582 g/mol. The zero-order valence-electron chi connectivity index (χ0n) is 25.0. The fourth-order valence-electron chi connectivity index (χ4n) is 6.24. The van der Waals surface area contributed by atoms with Gasteiger partial charge >= 0.3 is 0 Å². The Morgan fingerprint density at radius 1 is 1.14 bits per heavy atom. The van der Waals surface area contributed by atoms with Gasteiger partial charge in [-0.3, -0.25) is 4.79 Å². The van der Waals surface area contributed by atoms with Crippen LogP contribution in [-0.2, 0) is 32.0 Å². The van der Waals surface area contributed by atoms with E-state index in [-0.39, 0.29) is 17.4 Å². The van der Waals surface area contributed by atoms with Crippen molar-refractivity contribution in [1.82, 2.24) is 19.4 Å². The number of nitrogens with zero attached hydrogens (tertiary/aromatic N) is 4. The number of hydrogen-bond donors (Lipinski definition) is 1. The molecule has 1 spiro atoms. The number of ether oxygens (including phenoxy) is 2. The summed E-state index contributed by atoms with van der Waals surface area (Å²) < 4.78 is 38.8. The number of rotatable bonds is 4. The summed E-state index contributed by atoms with van der Waals surface area (Å²) in [7, 11) is 1.74. The summed E-state index contributed by atoms with van der Waals surface area (Å²) >= 11 is 0. The van der Waals surface area contributed by atoms with Crippen LogP contribution in [0, 0.1) is 18.6 Å². The van der Waals surface area contributed by atoms with Gasteiger partial charge in [0.2, 0.25) is 5.91 Å². The topological polar surface area (TPSA) is 81.5 Å². The number of likely N-dealkylation sites (tertiary alicyclic amines) is 1. The highest BCUT2D eigenvalue weighted by Gasteiger charge is 2.42. The van der Waals surface area contributed by atoms with E-state index in [1.54, 1.807) is 13.3 Å². The lowest BCUT2D eigenvalue weighted by atomic mass is 9.83. The number of amides is 1. The first-order valence-corrected chi connectivity index (χ1v) is 14.8. The maximum Gasteiger partial charge on any atom is 0.223 e. The zero-order chi connectivity index (χ0) is 29.9. The van der Waals surface area contributed by atoms with Gasteiger partial charge in [-0.05, 0) is 64.2 Å². The van der Waals surface area contributed by atoms with Crippen molar-refractivity contribution in [2.45, 2.75) is 83.0 Å². The number of fused-ring (bicyclic) bond motifs is 3. The van der Waals surface area contributed by atoms with E-state index in [9.17, 15) is 13.6 Å². The number of methoxy groups -OCH3 is 1. The third-order valence-corrected chi connectivity index (χ3v) is 8.94. The Labute approximate surface area is 246 Å². The van der Waals surface area contributed by atoms with Crippen molar-refractivity contribution in [3.63, 3.8) is 0 Å². The number of pyridine rings is 1. The van der Waals surface area contributed by atoms with Gasteiger partial charge < -0.3 is 24.3 Å². The van der Waals surface area contributed by atoms with Gasteiger partial charge in [0.1, 0.15) is 29.6 Å². The van der Waals surface area contributed by atoms with Gasteiger partial charge in [-0.15, -0.1) is 0 Å². The zero-order valence-corrected chi connectivity index (χ0v) is 25.0. The molecule has 0 saturated carbocycles. The summed E-state index contributed by atoms with van der Waals surface area (Å²) in [6.45, 7) is 8.48. The molecule has 1 saturated heterocycles. The molecule has 0 aliphatic carbocycles. The SMILES string of the molecule is COC(C)(C)c1cnc2n1CCCCC2CC(=O)N1CCC2(CC1)OCNc1ncccc12.Cc1cccc(F)c1F. The van der Waals surface area contributed by atoms with E-state index in [0.29, 0.717) is 31.8 Å². The molecule has 6 rings (SSSR count). The van der Waals surface area contributed by atoms with E-state index >= 15 is 0 Å². The number of hydrogen-bond acceptors (Lipinski definition) is 6. The van der Waals surface area contributed by atoms with Gasteiger partial charge in [0, 0.05) is 50.8 Å². The molecule has 1 atom stereocenters. The number of anilines is 1. The Kier molecular flexibility index (Phi) is 8.94. The minimum Gasteiger partial charge on any atom is -0.373 e. The number of nitrogens with one attached hydrogen (secondary N) is 1. The number of halogens is 2. The number of imidazole rings is 1. The van der Waals surface area contributed by atoms with E-state index in [1.165, 1.54) is 19.1 Å². The minimum atomic E-state index is -0.782. The van der Waals surface area contributed by atoms with Gasteiger partial charge in [-0.2, -0.15) is 0 Å². The molecule has 1 fully saturated rings. The maximum absolute atomic E-state index is 13.4. The standard InChI is InChI=1S/C25H35N5O3.C7H6F2/c1-24(2,32-3)20-16-27-23-18(7-4-5-12-30(20)23)15-21(31)29-13-9-25(10-14-29)19-8-6-11-26-22(19)28-17-33-25;1-5-3-2-4-6(8)7(5)9/h6,8,11,16,18H,4-5,7,9-10,12-15,17H2,1-3H3,(H,26,28);2-4H,1H3. The van der Waals surface area contributed by atoms with Gasteiger partial charge in [-0.25, -0.2) is 18.7 Å².